The quantitative estimate of drug-likeness (QED) is 0.662. The summed E-state index contributed by atoms with van der Waals surface area (Å²) < 4.78 is 32.3. The van der Waals surface area contributed by atoms with E-state index in [-0.39, 0.29) is 34.2 Å². The molecule has 0 saturated carbocycles. The molecule has 0 heterocycles. The summed E-state index contributed by atoms with van der Waals surface area (Å²) in [5, 5.41) is 3.15. The molecule has 0 saturated heterocycles. The van der Waals surface area contributed by atoms with E-state index in [4.69, 9.17) is 16.3 Å². The van der Waals surface area contributed by atoms with Crippen molar-refractivity contribution in [1.29, 1.82) is 0 Å². The molecule has 0 fully saturated rings. The number of halogens is 1. The summed E-state index contributed by atoms with van der Waals surface area (Å²) in [6, 6.07) is 12.3. The Hall–Kier alpha value is -2.09. The van der Waals surface area contributed by atoms with Gasteiger partial charge in [0.1, 0.15) is 5.75 Å². The Balaban J connectivity index is 1.60. The van der Waals surface area contributed by atoms with Gasteiger partial charge in [-0.2, -0.15) is 0 Å². The van der Waals surface area contributed by atoms with Crippen molar-refractivity contribution in [3.8, 4) is 5.75 Å². The van der Waals surface area contributed by atoms with E-state index in [1.54, 1.807) is 0 Å². The Morgan fingerprint density at radius 2 is 2.03 bits per heavy atom. The standard InChI is InChI=1S/C21H25ClN2O4S/c1-2-12-23-29(26,27)16-10-11-20(18(22)13-16)28-14-21(25)24-19-9-5-7-15-6-3-4-8-17(15)19/h3-4,6,8,10-11,13,19,23H,2,5,7,9,12,14H2,1H3,(H,24,25)/t19-/m0/s1. The molecule has 156 valence electrons. The summed E-state index contributed by atoms with van der Waals surface area (Å²) in [7, 11) is -3.61. The molecule has 0 bridgehead atoms. The number of benzene rings is 2. The van der Waals surface area contributed by atoms with Crippen LogP contribution in [0.15, 0.2) is 47.4 Å². The van der Waals surface area contributed by atoms with E-state index in [2.05, 4.69) is 16.1 Å². The van der Waals surface area contributed by atoms with Crippen molar-refractivity contribution >= 4 is 27.5 Å². The van der Waals surface area contributed by atoms with Gasteiger partial charge in [-0.3, -0.25) is 4.79 Å². The van der Waals surface area contributed by atoms with E-state index in [0.29, 0.717) is 13.0 Å². The van der Waals surface area contributed by atoms with Gasteiger partial charge >= 0.3 is 0 Å². The first-order chi connectivity index (χ1) is 13.9. The van der Waals surface area contributed by atoms with E-state index in [0.717, 1.165) is 24.8 Å². The number of sulfonamides is 1. The summed E-state index contributed by atoms with van der Waals surface area (Å²) in [6.45, 7) is 2.03. The van der Waals surface area contributed by atoms with Crippen LogP contribution in [-0.2, 0) is 21.2 Å². The average Bonchev–Trinajstić information content (AvgIpc) is 2.71. The van der Waals surface area contributed by atoms with Crippen LogP contribution >= 0.6 is 11.6 Å². The second-order valence-corrected chi connectivity index (χ2v) is 9.16. The second-order valence-electron chi connectivity index (χ2n) is 6.99. The molecule has 0 unspecified atom stereocenters. The molecular formula is C21H25ClN2O4S. The van der Waals surface area contributed by atoms with Gasteiger partial charge in [0.05, 0.1) is 16.0 Å². The summed E-state index contributed by atoms with van der Waals surface area (Å²) in [6.07, 6.45) is 3.63. The van der Waals surface area contributed by atoms with Gasteiger partial charge in [-0.1, -0.05) is 42.8 Å². The van der Waals surface area contributed by atoms with Crippen LogP contribution in [0.3, 0.4) is 0 Å². The fourth-order valence-electron chi connectivity index (χ4n) is 3.37. The molecule has 0 aliphatic heterocycles. The number of ether oxygens (including phenoxy) is 1. The first-order valence-corrected chi connectivity index (χ1v) is 11.6. The summed E-state index contributed by atoms with van der Waals surface area (Å²) in [5.74, 6) is 0.0179. The molecular weight excluding hydrogens is 412 g/mol. The molecule has 3 rings (SSSR count). The van der Waals surface area contributed by atoms with Gasteiger partial charge in [-0.15, -0.1) is 0 Å². The zero-order valence-corrected chi connectivity index (χ0v) is 17.9. The first-order valence-electron chi connectivity index (χ1n) is 9.70. The number of hydrogen-bond donors (Lipinski definition) is 2. The minimum absolute atomic E-state index is 0.0244. The molecule has 2 aromatic carbocycles. The fraction of sp³-hybridized carbons (Fsp3) is 0.381. The number of amides is 1. The predicted molar refractivity (Wildman–Crippen MR) is 113 cm³/mol. The van der Waals surface area contributed by atoms with E-state index in [1.807, 2.05) is 25.1 Å². The average molecular weight is 437 g/mol. The van der Waals surface area contributed by atoms with Crippen LogP contribution in [0.2, 0.25) is 5.02 Å². The zero-order valence-electron chi connectivity index (χ0n) is 16.3. The Morgan fingerprint density at radius 3 is 2.79 bits per heavy atom. The lowest BCUT2D eigenvalue weighted by molar-refractivity contribution is -0.123. The second kappa shape index (κ2) is 9.61. The van der Waals surface area contributed by atoms with Gasteiger partial charge in [-0.05, 0) is 55.0 Å². The predicted octanol–water partition coefficient (Wildman–Crippen LogP) is 3.60. The number of carbonyl (C=O) groups is 1. The minimum atomic E-state index is -3.61. The summed E-state index contributed by atoms with van der Waals surface area (Å²) in [5.41, 5.74) is 2.42. The van der Waals surface area contributed by atoms with E-state index >= 15 is 0 Å². The third-order valence-corrected chi connectivity index (χ3v) is 6.57. The van der Waals surface area contributed by atoms with Crippen LogP contribution in [-0.4, -0.2) is 27.5 Å². The highest BCUT2D eigenvalue weighted by molar-refractivity contribution is 7.89. The molecule has 29 heavy (non-hydrogen) atoms. The van der Waals surface area contributed by atoms with Crippen molar-refractivity contribution in [3.05, 3.63) is 58.6 Å². The third-order valence-electron chi connectivity index (χ3n) is 4.82. The highest BCUT2D eigenvalue weighted by Crippen LogP contribution is 2.30. The van der Waals surface area contributed by atoms with Gasteiger partial charge in [0.25, 0.3) is 5.91 Å². The monoisotopic (exact) mass is 436 g/mol. The van der Waals surface area contributed by atoms with Crippen LogP contribution in [0.5, 0.6) is 5.75 Å². The van der Waals surface area contributed by atoms with E-state index in [9.17, 15) is 13.2 Å². The lowest BCUT2D eigenvalue weighted by Crippen LogP contribution is -2.34. The van der Waals surface area contributed by atoms with Gasteiger partial charge in [0, 0.05) is 6.54 Å². The summed E-state index contributed by atoms with van der Waals surface area (Å²) >= 11 is 6.16. The Kier molecular flexibility index (Phi) is 7.16. The number of hydrogen-bond acceptors (Lipinski definition) is 4. The number of rotatable bonds is 8. The maximum Gasteiger partial charge on any atom is 0.258 e. The van der Waals surface area contributed by atoms with Crippen molar-refractivity contribution in [2.45, 2.75) is 43.5 Å². The van der Waals surface area contributed by atoms with Gasteiger partial charge in [-0.25, -0.2) is 13.1 Å². The van der Waals surface area contributed by atoms with Crippen molar-refractivity contribution in [2.24, 2.45) is 0 Å². The largest absolute Gasteiger partial charge is 0.482 e. The van der Waals surface area contributed by atoms with Crippen molar-refractivity contribution < 1.29 is 17.9 Å². The molecule has 6 nitrogen and oxygen atoms in total. The number of nitrogens with one attached hydrogen (secondary N) is 2. The fourth-order valence-corrected chi connectivity index (χ4v) is 4.83. The van der Waals surface area contributed by atoms with Gasteiger partial charge in [0.15, 0.2) is 6.61 Å². The van der Waals surface area contributed by atoms with Gasteiger partial charge < -0.3 is 10.1 Å². The van der Waals surface area contributed by atoms with E-state index in [1.165, 1.54) is 23.8 Å². The normalized spacial score (nSPS) is 16.1. The lowest BCUT2D eigenvalue weighted by atomic mass is 9.88. The van der Waals surface area contributed by atoms with Crippen LogP contribution in [0.25, 0.3) is 0 Å². The highest BCUT2D eigenvalue weighted by Gasteiger charge is 2.22. The molecule has 1 atom stereocenters. The molecule has 1 aliphatic rings. The number of carbonyl (C=O) groups excluding carboxylic acids is 1. The molecule has 8 heteroatoms. The topological polar surface area (TPSA) is 84.5 Å². The van der Waals surface area contributed by atoms with Gasteiger partial charge in [0.2, 0.25) is 10.0 Å². The number of aryl methyl sites for hydroxylation is 1. The minimum Gasteiger partial charge on any atom is -0.482 e. The molecule has 1 aliphatic carbocycles. The highest BCUT2D eigenvalue weighted by atomic mass is 35.5. The molecule has 1 amide bonds. The van der Waals surface area contributed by atoms with Crippen molar-refractivity contribution in [1.82, 2.24) is 10.0 Å². The van der Waals surface area contributed by atoms with Crippen molar-refractivity contribution in [2.75, 3.05) is 13.2 Å². The summed E-state index contributed by atoms with van der Waals surface area (Å²) in [4.78, 5) is 12.4. The molecule has 2 N–H and O–H groups in total. The van der Waals surface area contributed by atoms with Crippen LogP contribution < -0.4 is 14.8 Å². The maximum absolute atomic E-state index is 12.4. The molecule has 0 radical (unpaired) electrons. The van der Waals surface area contributed by atoms with Crippen LogP contribution in [0.4, 0.5) is 0 Å². The van der Waals surface area contributed by atoms with Crippen LogP contribution in [0, 0.1) is 0 Å². The SMILES string of the molecule is CCCNS(=O)(=O)c1ccc(OCC(=O)N[C@H]2CCCc3ccccc32)c(Cl)c1. The Morgan fingerprint density at radius 1 is 1.24 bits per heavy atom. The lowest BCUT2D eigenvalue weighted by Gasteiger charge is -2.26. The third kappa shape index (κ3) is 5.50. The Labute approximate surface area is 176 Å². The molecule has 2 aromatic rings. The molecule has 0 aromatic heterocycles. The smallest absolute Gasteiger partial charge is 0.258 e. The van der Waals surface area contributed by atoms with E-state index < -0.39 is 10.0 Å². The Bertz CT molecular complexity index is 978. The maximum atomic E-state index is 12.4. The number of fused-ring (bicyclic) bond motifs is 1. The van der Waals surface area contributed by atoms with Crippen LogP contribution in [0.1, 0.15) is 43.4 Å². The zero-order chi connectivity index (χ0) is 20.9. The van der Waals surface area contributed by atoms with Crippen molar-refractivity contribution in [3.63, 3.8) is 0 Å². The first kappa shape index (κ1) is 21.6. The molecule has 0 spiro atoms.